The summed E-state index contributed by atoms with van der Waals surface area (Å²) in [5.41, 5.74) is 2.27. The second kappa shape index (κ2) is 4.51. The zero-order valence-electron chi connectivity index (χ0n) is 12.0. The van der Waals surface area contributed by atoms with Gasteiger partial charge in [-0.2, -0.15) is 0 Å². The van der Waals surface area contributed by atoms with Gasteiger partial charge < -0.3 is 9.15 Å². The van der Waals surface area contributed by atoms with Crippen molar-refractivity contribution >= 4 is 5.78 Å². The lowest BCUT2D eigenvalue weighted by molar-refractivity contribution is 0.103. The maximum atomic E-state index is 12.5. The normalized spacial score (nSPS) is 15.8. The van der Waals surface area contributed by atoms with Crippen molar-refractivity contribution in [1.82, 2.24) is 0 Å². The number of furan rings is 1. The monoisotopic (exact) mass is 270 g/mol. The third-order valence-corrected chi connectivity index (χ3v) is 3.64. The summed E-state index contributed by atoms with van der Waals surface area (Å²) < 4.78 is 11.2. The van der Waals surface area contributed by atoms with Gasteiger partial charge in [-0.15, -0.1) is 0 Å². The minimum Gasteiger partial charge on any atom is -0.487 e. The summed E-state index contributed by atoms with van der Waals surface area (Å²) in [5.74, 6) is 1.64. The van der Waals surface area contributed by atoms with Gasteiger partial charge in [0, 0.05) is 18.4 Å². The molecule has 0 bridgehead atoms. The Labute approximate surface area is 118 Å². The summed E-state index contributed by atoms with van der Waals surface area (Å²) in [6, 6.07) is 7.41. The second-order valence-electron chi connectivity index (χ2n) is 5.80. The molecule has 0 N–H and O–H groups in total. The summed E-state index contributed by atoms with van der Waals surface area (Å²) in [6.07, 6.45) is 3.12. The molecule has 0 aliphatic carbocycles. The Bertz CT molecular complexity index is 665. The van der Waals surface area contributed by atoms with Crippen molar-refractivity contribution in [3.63, 3.8) is 0 Å². The fourth-order valence-corrected chi connectivity index (χ4v) is 2.72. The van der Waals surface area contributed by atoms with Crippen molar-refractivity contribution in [2.24, 2.45) is 0 Å². The second-order valence-corrected chi connectivity index (χ2v) is 5.80. The van der Waals surface area contributed by atoms with Crippen LogP contribution in [0.4, 0.5) is 0 Å². The van der Waals surface area contributed by atoms with Crippen LogP contribution >= 0.6 is 0 Å². The van der Waals surface area contributed by atoms with Gasteiger partial charge in [-0.3, -0.25) is 4.79 Å². The van der Waals surface area contributed by atoms with Gasteiger partial charge in [-0.1, -0.05) is 6.92 Å². The van der Waals surface area contributed by atoms with E-state index < -0.39 is 0 Å². The van der Waals surface area contributed by atoms with Crippen molar-refractivity contribution in [1.29, 1.82) is 0 Å². The summed E-state index contributed by atoms with van der Waals surface area (Å²) in [6.45, 7) is 6.09. The van der Waals surface area contributed by atoms with Crippen molar-refractivity contribution in [2.75, 3.05) is 0 Å². The third kappa shape index (κ3) is 2.13. The predicted octanol–water partition coefficient (Wildman–Crippen LogP) is 3.79. The van der Waals surface area contributed by atoms with Crippen LogP contribution in [0, 0.1) is 0 Å². The molecule has 0 saturated carbocycles. The molecule has 0 unspecified atom stereocenters. The molecule has 0 spiro atoms. The van der Waals surface area contributed by atoms with E-state index >= 15 is 0 Å². The van der Waals surface area contributed by atoms with E-state index in [1.807, 2.05) is 25.1 Å². The fourth-order valence-electron chi connectivity index (χ4n) is 2.72. The summed E-state index contributed by atoms with van der Waals surface area (Å²) >= 11 is 0. The van der Waals surface area contributed by atoms with Crippen LogP contribution in [-0.4, -0.2) is 11.4 Å². The van der Waals surface area contributed by atoms with E-state index in [1.54, 1.807) is 12.3 Å². The van der Waals surface area contributed by atoms with E-state index in [0.717, 1.165) is 29.9 Å². The maximum Gasteiger partial charge on any atom is 0.196 e. The van der Waals surface area contributed by atoms with E-state index in [-0.39, 0.29) is 11.4 Å². The molecule has 3 rings (SSSR count). The van der Waals surface area contributed by atoms with Gasteiger partial charge in [0.2, 0.25) is 0 Å². The van der Waals surface area contributed by atoms with Crippen LogP contribution in [0.2, 0.25) is 0 Å². The van der Waals surface area contributed by atoms with Crippen LogP contribution < -0.4 is 4.74 Å². The SMILES string of the molecule is CCc1occc1C(=O)c1ccc2c(c1)CC(C)(C)O2. The van der Waals surface area contributed by atoms with Crippen molar-refractivity contribution < 1.29 is 13.9 Å². The Morgan fingerprint density at radius 2 is 2.10 bits per heavy atom. The van der Waals surface area contributed by atoms with Gasteiger partial charge in [0.05, 0.1) is 11.8 Å². The quantitative estimate of drug-likeness (QED) is 0.797. The number of benzene rings is 1. The molecule has 0 saturated heterocycles. The zero-order chi connectivity index (χ0) is 14.3. The molecule has 3 heteroatoms. The highest BCUT2D eigenvalue weighted by Gasteiger charge is 2.30. The molecule has 2 heterocycles. The van der Waals surface area contributed by atoms with Crippen LogP contribution in [0.5, 0.6) is 5.75 Å². The average molecular weight is 270 g/mol. The standard InChI is InChI=1S/C17H18O3/c1-4-14-13(7-8-19-14)16(18)11-5-6-15-12(9-11)10-17(2,3)20-15/h5-9H,4,10H2,1-3H3. The van der Waals surface area contributed by atoms with Crippen LogP contribution in [0.25, 0.3) is 0 Å². The average Bonchev–Trinajstić information content (AvgIpc) is 2.98. The fraction of sp³-hybridized carbons (Fsp3) is 0.353. The number of carbonyl (C=O) groups is 1. The number of ether oxygens (including phenoxy) is 1. The molecule has 1 aromatic heterocycles. The molecule has 0 fully saturated rings. The molecule has 0 amide bonds. The van der Waals surface area contributed by atoms with Gasteiger partial charge in [-0.25, -0.2) is 0 Å². The lowest BCUT2D eigenvalue weighted by Crippen LogP contribution is -2.24. The molecule has 0 radical (unpaired) electrons. The van der Waals surface area contributed by atoms with E-state index in [2.05, 4.69) is 13.8 Å². The summed E-state index contributed by atoms with van der Waals surface area (Å²) in [4.78, 5) is 12.5. The molecule has 1 aromatic carbocycles. The van der Waals surface area contributed by atoms with Crippen molar-refractivity contribution in [3.05, 3.63) is 53.0 Å². The van der Waals surface area contributed by atoms with Gasteiger partial charge in [0.15, 0.2) is 5.78 Å². The highest BCUT2D eigenvalue weighted by Crippen LogP contribution is 2.35. The van der Waals surface area contributed by atoms with E-state index in [9.17, 15) is 4.79 Å². The molecule has 1 aliphatic rings. The topological polar surface area (TPSA) is 39.4 Å². The molecule has 1 aliphatic heterocycles. The van der Waals surface area contributed by atoms with Crippen LogP contribution in [0.1, 0.15) is 48.0 Å². The smallest absolute Gasteiger partial charge is 0.196 e. The zero-order valence-corrected chi connectivity index (χ0v) is 12.0. The van der Waals surface area contributed by atoms with Crippen molar-refractivity contribution in [2.45, 2.75) is 39.2 Å². The number of rotatable bonds is 3. The predicted molar refractivity (Wildman–Crippen MR) is 76.4 cm³/mol. The van der Waals surface area contributed by atoms with Crippen LogP contribution in [-0.2, 0) is 12.8 Å². The van der Waals surface area contributed by atoms with Crippen LogP contribution in [0.3, 0.4) is 0 Å². The summed E-state index contributed by atoms with van der Waals surface area (Å²) in [7, 11) is 0. The van der Waals surface area contributed by atoms with E-state index in [4.69, 9.17) is 9.15 Å². The van der Waals surface area contributed by atoms with Gasteiger partial charge in [0.1, 0.15) is 17.1 Å². The first-order valence-electron chi connectivity index (χ1n) is 6.93. The van der Waals surface area contributed by atoms with Gasteiger partial charge in [-0.05, 0) is 43.7 Å². The first kappa shape index (κ1) is 13.0. The Morgan fingerprint density at radius 1 is 1.30 bits per heavy atom. The van der Waals surface area contributed by atoms with E-state index in [1.165, 1.54) is 0 Å². The maximum absolute atomic E-state index is 12.5. The number of aryl methyl sites for hydroxylation is 1. The molecular formula is C17H18O3. The first-order valence-corrected chi connectivity index (χ1v) is 6.93. The number of hydrogen-bond acceptors (Lipinski definition) is 3. The van der Waals surface area contributed by atoms with E-state index in [0.29, 0.717) is 11.1 Å². The first-order chi connectivity index (χ1) is 9.50. The Balaban J connectivity index is 1.95. The molecule has 3 nitrogen and oxygen atoms in total. The third-order valence-electron chi connectivity index (χ3n) is 3.64. The Kier molecular flexibility index (Phi) is 2.93. The lowest BCUT2D eigenvalue weighted by Gasteiger charge is -2.16. The molecule has 0 atom stereocenters. The highest BCUT2D eigenvalue weighted by molar-refractivity contribution is 6.09. The summed E-state index contributed by atoms with van der Waals surface area (Å²) in [5, 5.41) is 0. The molecule has 20 heavy (non-hydrogen) atoms. The van der Waals surface area contributed by atoms with Crippen molar-refractivity contribution in [3.8, 4) is 5.75 Å². The van der Waals surface area contributed by atoms with Crippen LogP contribution in [0.15, 0.2) is 34.9 Å². The van der Waals surface area contributed by atoms with Gasteiger partial charge >= 0.3 is 0 Å². The van der Waals surface area contributed by atoms with Gasteiger partial charge in [0.25, 0.3) is 0 Å². The Hall–Kier alpha value is -2.03. The molecule has 104 valence electrons. The lowest BCUT2D eigenvalue weighted by atomic mass is 9.97. The number of ketones is 1. The minimum atomic E-state index is -0.186. The highest BCUT2D eigenvalue weighted by atomic mass is 16.5. The largest absolute Gasteiger partial charge is 0.487 e. The number of fused-ring (bicyclic) bond motifs is 1. The molecular weight excluding hydrogens is 252 g/mol. The minimum absolute atomic E-state index is 0.0168. The Morgan fingerprint density at radius 3 is 2.85 bits per heavy atom. The molecule has 2 aromatic rings. The number of hydrogen-bond donors (Lipinski definition) is 0. The number of carbonyl (C=O) groups excluding carboxylic acids is 1.